The molecule has 0 unspecified atom stereocenters. The van der Waals surface area contributed by atoms with Crippen molar-refractivity contribution in [2.45, 2.75) is 26.7 Å². The van der Waals surface area contributed by atoms with Gasteiger partial charge in [0.05, 0.1) is 11.5 Å². The molecule has 0 radical (unpaired) electrons. The van der Waals surface area contributed by atoms with Gasteiger partial charge >= 0.3 is 22.3 Å². The Bertz CT molecular complexity index is 788. The third-order valence-corrected chi connectivity index (χ3v) is 4.40. The predicted octanol–water partition coefficient (Wildman–Crippen LogP) is 2.08. The highest BCUT2D eigenvalue weighted by molar-refractivity contribution is 7.88. The third kappa shape index (κ3) is 4.66. The molecule has 0 atom stereocenters. The molecule has 10 nitrogen and oxygen atoms in total. The van der Waals surface area contributed by atoms with Gasteiger partial charge in [0.25, 0.3) is 5.69 Å². The van der Waals surface area contributed by atoms with E-state index in [9.17, 15) is 18.5 Å². The van der Waals surface area contributed by atoms with Crippen LogP contribution in [0.3, 0.4) is 0 Å². The van der Waals surface area contributed by atoms with E-state index in [2.05, 4.69) is 9.39 Å². The fourth-order valence-electron chi connectivity index (χ4n) is 1.92. The summed E-state index contributed by atoms with van der Waals surface area (Å²) in [6, 6.07) is 4.70. The normalized spacial score (nSPS) is 16.0. The molecule has 1 aromatic carbocycles. The van der Waals surface area contributed by atoms with Crippen LogP contribution < -0.4 is 4.74 Å². The van der Waals surface area contributed by atoms with Crippen LogP contribution in [0.1, 0.15) is 26.7 Å². The number of rotatable bonds is 6. The number of nitrogens with zero attached hydrogens (tertiary/aromatic N) is 4. The van der Waals surface area contributed by atoms with E-state index in [1.165, 1.54) is 24.3 Å². The maximum Gasteiger partial charge on any atom is 0.352 e. The van der Waals surface area contributed by atoms with E-state index in [-0.39, 0.29) is 36.6 Å². The minimum Gasteiger partial charge on any atom is -0.463 e. The van der Waals surface area contributed by atoms with E-state index < -0.39 is 15.1 Å². The molecule has 0 N–H and O–H groups in total. The van der Waals surface area contributed by atoms with Gasteiger partial charge in [0.1, 0.15) is 5.75 Å². The predicted molar refractivity (Wildman–Crippen MR) is 90.8 cm³/mol. The first-order valence-electron chi connectivity index (χ1n) is 7.63. The number of hydrogen-bond donors (Lipinski definition) is 0. The van der Waals surface area contributed by atoms with Gasteiger partial charge in [-0.3, -0.25) is 10.1 Å². The van der Waals surface area contributed by atoms with Gasteiger partial charge in [0, 0.05) is 18.7 Å². The largest absolute Gasteiger partial charge is 0.463 e. The van der Waals surface area contributed by atoms with Crippen molar-refractivity contribution in [3.8, 4) is 5.75 Å². The van der Waals surface area contributed by atoms with E-state index in [0.717, 1.165) is 10.7 Å². The van der Waals surface area contributed by atoms with Crippen LogP contribution in [0.25, 0.3) is 0 Å². The van der Waals surface area contributed by atoms with Crippen molar-refractivity contribution >= 4 is 27.9 Å². The topological polar surface area (TPSA) is 124 Å². The van der Waals surface area contributed by atoms with Gasteiger partial charge in [-0.1, -0.05) is 17.7 Å². The average Bonchev–Trinajstić information content (AvgIpc) is 2.54. The summed E-state index contributed by atoms with van der Waals surface area (Å²) < 4.78 is 39.7. The first-order chi connectivity index (χ1) is 11.9. The smallest absolute Gasteiger partial charge is 0.352 e. The standard InChI is InChI=1S/C14H18N4O6S/c1-3-5-10-17-14(15-13(23-4-2)16-25(17,21)22)24-12-8-6-11(7-9-12)18(19)20/h6-9H,3-5,10H2,1-2H3. The van der Waals surface area contributed by atoms with Gasteiger partial charge in [-0.2, -0.15) is 8.42 Å². The summed E-state index contributed by atoms with van der Waals surface area (Å²) in [5.41, 5.74) is -0.107. The van der Waals surface area contributed by atoms with Crippen molar-refractivity contribution in [1.29, 1.82) is 0 Å². The monoisotopic (exact) mass is 370 g/mol. The first kappa shape index (κ1) is 18.6. The zero-order valence-electron chi connectivity index (χ0n) is 13.8. The Morgan fingerprint density at radius 2 is 1.92 bits per heavy atom. The summed E-state index contributed by atoms with van der Waals surface area (Å²) in [6.45, 7) is 3.93. The maximum absolute atomic E-state index is 12.3. The summed E-state index contributed by atoms with van der Waals surface area (Å²) in [7, 11) is -4.03. The van der Waals surface area contributed by atoms with Gasteiger partial charge < -0.3 is 9.47 Å². The van der Waals surface area contributed by atoms with Crippen LogP contribution in [0.2, 0.25) is 0 Å². The van der Waals surface area contributed by atoms with Crippen molar-refractivity contribution < 1.29 is 22.8 Å². The molecule has 0 bridgehead atoms. The van der Waals surface area contributed by atoms with Gasteiger partial charge in [-0.25, -0.2) is 4.31 Å². The molecule has 0 fully saturated rings. The number of aliphatic imine (C=N–C) groups is 1. The van der Waals surface area contributed by atoms with Crippen LogP contribution in [0.5, 0.6) is 5.75 Å². The van der Waals surface area contributed by atoms with E-state index in [0.29, 0.717) is 6.42 Å². The minimum absolute atomic E-state index is 0.107. The number of unbranched alkanes of at least 4 members (excludes halogenated alkanes) is 1. The van der Waals surface area contributed by atoms with Gasteiger partial charge in [0.15, 0.2) is 0 Å². The van der Waals surface area contributed by atoms with Gasteiger partial charge in [-0.15, -0.1) is 4.99 Å². The number of benzene rings is 1. The average molecular weight is 370 g/mol. The Kier molecular flexibility index (Phi) is 5.91. The maximum atomic E-state index is 12.3. The Hall–Kier alpha value is -2.69. The summed E-state index contributed by atoms with van der Waals surface area (Å²) in [6.07, 6.45) is 1.35. The summed E-state index contributed by atoms with van der Waals surface area (Å²) in [5.74, 6) is 0.207. The van der Waals surface area contributed by atoms with Crippen molar-refractivity contribution in [3.63, 3.8) is 0 Å². The first-order valence-corrected chi connectivity index (χ1v) is 9.03. The second-order valence-electron chi connectivity index (χ2n) is 4.96. The third-order valence-electron chi connectivity index (χ3n) is 3.12. The molecule has 0 aromatic heterocycles. The Balaban J connectivity index is 2.31. The zero-order valence-corrected chi connectivity index (χ0v) is 14.6. The van der Waals surface area contributed by atoms with Crippen molar-refractivity contribution in [3.05, 3.63) is 34.4 Å². The van der Waals surface area contributed by atoms with Crippen LogP contribution in [-0.2, 0) is 14.9 Å². The Labute approximate surface area is 145 Å². The molecule has 136 valence electrons. The quantitative estimate of drug-likeness (QED) is 0.558. The number of amidine groups is 2. The lowest BCUT2D eigenvalue weighted by atomic mass is 10.3. The number of nitro groups is 1. The summed E-state index contributed by atoms with van der Waals surface area (Å²) >= 11 is 0. The molecule has 2 rings (SSSR count). The SMILES string of the molecule is CCCCN1C(Oc2ccc([N+](=O)[O-])cc2)=NC(OCC)=NS1(=O)=O. The molecule has 11 heteroatoms. The van der Waals surface area contributed by atoms with Crippen LogP contribution in [0.15, 0.2) is 33.7 Å². The fourth-order valence-corrected chi connectivity index (χ4v) is 2.94. The molecule has 0 amide bonds. The Morgan fingerprint density at radius 3 is 2.48 bits per heavy atom. The molecule has 1 aromatic rings. The van der Waals surface area contributed by atoms with Crippen molar-refractivity contribution in [2.24, 2.45) is 9.39 Å². The van der Waals surface area contributed by atoms with Crippen LogP contribution >= 0.6 is 0 Å². The van der Waals surface area contributed by atoms with E-state index in [1.54, 1.807) is 6.92 Å². The second-order valence-corrected chi connectivity index (χ2v) is 6.48. The number of ether oxygens (including phenoxy) is 2. The Morgan fingerprint density at radius 1 is 1.24 bits per heavy atom. The summed E-state index contributed by atoms with van der Waals surface area (Å²) in [4.78, 5) is 14.1. The molecule has 0 spiro atoms. The number of non-ortho nitro benzene ring substituents is 1. The molecule has 0 aliphatic carbocycles. The highest BCUT2D eigenvalue weighted by Gasteiger charge is 2.32. The molecule has 0 saturated heterocycles. The minimum atomic E-state index is -4.03. The van der Waals surface area contributed by atoms with Gasteiger partial charge in [-0.05, 0) is 25.5 Å². The molecule has 0 saturated carbocycles. The second kappa shape index (κ2) is 7.92. The molecule has 1 heterocycles. The lowest BCUT2D eigenvalue weighted by molar-refractivity contribution is -0.384. The lowest BCUT2D eigenvalue weighted by Gasteiger charge is -2.25. The van der Waals surface area contributed by atoms with Gasteiger partial charge in [0.2, 0.25) is 0 Å². The van der Waals surface area contributed by atoms with Crippen LogP contribution in [-0.4, -0.2) is 42.8 Å². The summed E-state index contributed by atoms with van der Waals surface area (Å²) in [5, 5.41) is 10.7. The highest BCUT2D eigenvalue weighted by atomic mass is 32.2. The molecule has 1 aliphatic rings. The molecular formula is C14H18N4O6S. The number of hydrogen-bond acceptors (Lipinski definition) is 7. The molecule has 1 aliphatic heterocycles. The zero-order chi connectivity index (χ0) is 18.4. The number of nitro benzene ring substituents is 1. The van der Waals surface area contributed by atoms with E-state index in [1.807, 2.05) is 6.92 Å². The van der Waals surface area contributed by atoms with E-state index in [4.69, 9.17) is 9.47 Å². The van der Waals surface area contributed by atoms with E-state index >= 15 is 0 Å². The van der Waals surface area contributed by atoms with Crippen molar-refractivity contribution in [2.75, 3.05) is 13.2 Å². The lowest BCUT2D eigenvalue weighted by Crippen LogP contribution is -2.43. The van der Waals surface area contributed by atoms with Crippen LogP contribution in [0, 0.1) is 10.1 Å². The molecule has 25 heavy (non-hydrogen) atoms. The molecular weight excluding hydrogens is 352 g/mol. The van der Waals surface area contributed by atoms with Crippen molar-refractivity contribution in [1.82, 2.24) is 4.31 Å². The highest BCUT2D eigenvalue weighted by Crippen LogP contribution is 2.21. The van der Waals surface area contributed by atoms with Crippen LogP contribution in [0.4, 0.5) is 5.69 Å². The fraction of sp³-hybridized carbons (Fsp3) is 0.429.